The molecular formula is C25H45BrO2. The predicted octanol–water partition coefficient (Wildman–Crippen LogP) is 8.10. The highest BCUT2D eigenvalue weighted by Crippen LogP contribution is 2.33. The standard InChI is InChI=1S/C25H45BrO2/c26-25-23(27-21-15-9-4-1-2-5-10-16-21)19-13-8-14-20-24(25)28-22-17-11-6-3-7-12-18-22/h21-25H,1-20H2. The third-order valence-electron chi connectivity index (χ3n) is 7.28. The molecule has 0 saturated heterocycles. The number of hydrogen-bond acceptors (Lipinski definition) is 2. The second-order valence-electron chi connectivity index (χ2n) is 9.72. The van der Waals surface area contributed by atoms with Gasteiger partial charge in [-0.15, -0.1) is 0 Å². The van der Waals surface area contributed by atoms with Gasteiger partial charge in [-0.2, -0.15) is 0 Å². The Morgan fingerprint density at radius 1 is 0.393 bits per heavy atom. The van der Waals surface area contributed by atoms with Gasteiger partial charge in [0.2, 0.25) is 0 Å². The van der Waals surface area contributed by atoms with E-state index in [-0.39, 0.29) is 0 Å². The van der Waals surface area contributed by atoms with Crippen LogP contribution in [0, 0.1) is 0 Å². The Morgan fingerprint density at radius 3 is 1.07 bits per heavy atom. The summed E-state index contributed by atoms with van der Waals surface area (Å²) in [7, 11) is 0. The molecule has 0 bridgehead atoms. The van der Waals surface area contributed by atoms with Gasteiger partial charge in [0, 0.05) is 0 Å². The minimum atomic E-state index is 0.338. The van der Waals surface area contributed by atoms with Crippen LogP contribution < -0.4 is 0 Å². The molecular weight excluding hydrogens is 412 g/mol. The number of ether oxygens (including phenoxy) is 2. The molecule has 0 aliphatic heterocycles. The van der Waals surface area contributed by atoms with Crippen LogP contribution in [0.4, 0.5) is 0 Å². The van der Waals surface area contributed by atoms with Crippen LogP contribution in [0.15, 0.2) is 0 Å². The van der Waals surface area contributed by atoms with Gasteiger partial charge in [-0.3, -0.25) is 0 Å². The van der Waals surface area contributed by atoms with Gasteiger partial charge < -0.3 is 9.47 Å². The SMILES string of the molecule is BrC1C(OC2CCCCCCCC2)CCCCCC1OC1CCCCCCC1. The lowest BCUT2D eigenvalue weighted by Gasteiger charge is -2.36. The zero-order chi connectivity index (χ0) is 19.4. The van der Waals surface area contributed by atoms with Crippen molar-refractivity contribution in [2.75, 3.05) is 0 Å². The van der Waals surface area contributed by atoms with Crippen LogP contribution in [0.2, 0.25) is 0 Å². The molecule has 3 unspecified atom stereocenters. The minimum absolute atomic E-state index is 0.338. The molecule has 0 aromatic rings. The van der Waals surface area contributed by atoms with Gasteiger partial charge in [-0.05, 0) is 38.5 Å². The average Bonchev–Trinajstić information content (AvgIpc) is 2.79. The van der Waals surface area contributed by atoms with E-state index in [1.807, 2.05) is 0 Å². The highest BCUT2D eigenvalue weighted by atomic mass is 79.9. The molecule has 3 aliphatic rings. The van der Waals surface area contributed by atoms with Crippen molar-refractivity contribution in [1.29, 1.82) is 0 Å². The molecule has 2 nitrogen and oxygen atoms in total. The normalized spacial score (nSPS) is 33.5. The molecule has 0 aromatic carbocycles. The second-order valence-corrected chi connectivity index (χ2v) is 10.8. The van der Waals surface area contributed by atoms with E-state index in [2.05, 4.69) is 15.9 Å². The number of halogens is 1. The van der Waals surface area contributed by atoms with Crippen molar-refractivity contribution < 1.29 is 9.47 Å². The maximum Gasteiger partial charge on any atom is 0.0729 e. The van der Waals surface area contributed by atoms with Gasteiger partial charge >= 0.3 is 0 Å². The lowest BCUT2D eigenvalue weighted by Crippen LogP contribution is -2.41. The Hall–Kier alpha value is 0.400. The van der Waals surface area contributed by atoms with E-state index in [1.165, 1.54) is 128 Å². The van der Waals surface area contributed by atoms with Crippen LogP contribution in [0.1, 0.15) is 128 Å². The fourth-order valence-electron chi connectivity index (χ4n) is 5.49. The second kappa shape index (κ2) is 13.7. The molecule has 0 amide bonds. The summed E-state index contributed by atoms with van der Waals surface area (Å²) in [6, 6.07) is 0. The van der Waals surface area contributed by atoms with Gasteiger partial charge in [0.1, 0.15) is 0 Å². The zero-order valence-electron chi connectivity index (χ0n) is 18.2. The Balaban J connectivity index is 1.56. The summed E-state index contributed by atoms with van der Waals surface area (Å²) in [6.07, 6.45) is 28.4. The van der Waals surface area contributed by atoms with E-state index < -0.39 is 0 Å². The number of alkyl halides is 1. The van der Waals surface area contributed by atoms with Crippen LogP contribution >= 0.6 is 15.9 Å². The number of rotatable bonds is 4. The Labute approximate surface area is 183 Å². The lowest BCUT2D eigenvalue weighted by atomic mass is 9.94. The van der Waals surface area contributed by atoms with Crippen molar-refractivity contribution in [2.45, 2.75) is 158 Å². The predicted molar refractivity (Wildman–Crippen MR) is 122 cm³/mol. The van der Waals surface area contributed by atoms with Gasteiger partial charge in [-0.1, -0.05) is 106 Å². The Bertz CT molecular complexity index is 384. The first-order chi connectivity index (χ1) is 13.8. The molecule has 3 rings (SSSR count). The van der Waals surface area contributed by atoms with Gasteiger partial charge in [-0.25, -0.2) is 0 Å². The molecule has 164 valence electrons. The maximum absolute atomic E-state index is 6.81. The first-order valence-electron chi connectivity index (χ1n) is 12.8. The molecule has 3 aliphatic carbocycles. The van der Waals surface area contributed by atoms with E-state index in [0.717, 1.165) is 0 Å². The van der Waals surface area contributed by atoms with Crippen LogP contribution in [0.5, 0.6) is 0 Å². The Kier molecular flexibility index (Phi) is 11.2. The fraction of sp³-hybridized carbons (Fsp3) is 1.00. The van der Waals surface area contributed by atoms with Crippen LogP contribution in [0.25, 0.3) is 0 Å². The van der Waals surface area contributed by atoms with Crippen molar-refractivity contribution in [3.05, 3.63) is 0 Å². The average molecular weight is 458 g/mol. The van der Waals surface area contributed by atoms with E-state index in [4.69, 9.17) is 9.47 Å². The molecule has 0 aromatic heterocycles. The summed E-state index contributed by atoms with van der Waals surface area (Å²) >= 11 is 4.09. The van der Waals surface area contributed by atoms with Crippen molar-refractivity contribution >= 4 is 15.9 Å². The largest absolute Gasteiger partial charge is 0.374 e. The summed E-state index contributed by atoms with van der Waals surface area (Å²) in [6.45, 7) is 0. The monoisotopic (exact) mass is 456 g/mol. The third-order valence-corrected chi connectivity index (χ3v) is 8.46. The molecule has 0 N–H and O–H groups in total. The van der Waals surface area contributed by atoms with Gasteiger partial charge in [0.15, 0.2) is 0 Å². The minimum Gasteiger partial charge on any atom is -0.374 e. The van der Waals surface area contributed by atoms with Crippen LogP contribution in [-0.2, 0) is 9.47 Å². The lowest BCUT2D eigenvalue weighted by molar-refractivity contribution is -0.0817. The van der Waals surface area contributed by atoms with Crippen molar-refractivity contribution in [2.24, 2.45) is 0 Å². The molecule has 3 atom stereocenters. The first kappa shape index (κ1) is 23.1. The van der Waals surface area contributed by atoms with E-state index in [0.29, 0.717) is 29.2 Å². The highest BCUT2D eigenvalue weighted by Gasteiger charge is 2.33. The van der Waals surface area contributed by atoms with Crippen LogP contribution in [-0.4, -0.2) is 29.2 Å². The summed E-state index contributed by atoms with van der Waals surface area (Å²) in [5.41, 5.74) is 0. The zero-order valence-corrected chi connectivity index (χ0v) is 19.8. The molecule has 0 heterocycles. The first-order valence-corrected chi connectivity index (χ1v) is 13.7. The molecule has 3 fully saturated rings. The van der Waals surface area contributed by atoms with E-state index in [1.54, 1.807) is 0 Å². The summed E-state index contributed by atoms with van der Waals surface area (Å²) in [5, 5.41) is 0. The third kappa shape index (κ3) is 8.26. The molecule has 0 spiro atoms. The quantitative estimate of drug-likeness (QED) is 0.397. The van der Waals surface area contributed by atoms with E-state index in [9.17, 15) is 0 Å². The fourth-order valence-corrected chi connectivity index (χ4v) is 6.27. The van der Waals surface area contributed by atoms with Gasteiger partial charge in [0.25, 0.3) is 0 Å². The smallest absolute Gasteiger partial charge is 0.0729 e. The van der Waals surface area contributed by atoms with Gasteiger partial charge in [0.05, 0.1) is 29.2 Å². The summed E-state index contributed by atoms with van der Waals surface area (Å²) < 4.78 is 13.6. The summed E-state index contributed by atoms with van der Waals surface area (Å²) in [5.74, 6) is 0. The highest BCUT2D eigenvalue weighted by molar-refractivity contribution is 9.09. The molecule has 0 radical (unpaired) electrons. The summed E-state index contributed by atoms with van der Waals surface area (Å²) in [4.78, 5) is 0.367. The molecule has 3 saturated carbocycles. The van der Waals surface area contributed by atoms with E-state index >= 15 is 0 Å². The number of hydrogen-bond donors (Lipinski definition) is 0. The van der Waals surface area contributed by atoms with Crippen molar-refractivity contribution in [1.82, 2.24) is 0 Å². The maximum atomic E-state index is 6.81. The van der Waals surface area contributed by atoms with Crippen molar-refractivity contribution in [3.63, 3.8) is 0 Å². The topological polar surface area (TPSA) is 18.5 Å². The van der Waals surface area contributed by atoms with Crippen molar-refractivity contribution in [3.8, 4) is 0 Å². The molecule has 3 heteroatoms. The Morgan fingerprint density at radius 2 is 0.679 bits per heavy atom. The molecule has 28 heavy (non-hydrogen) atoms. The van der Waals surface area contributed by atoms with Crippen LogP contribution in [0.3, 0.4) is 0 Å².